The Labute approximate surface area is 148 Å². The van der Waals surface area contributed by atoms with Gasteiger partial charge in [-0.2, -0.15) is 0 Å². The van der Waals surface area contributed by atoms with Gasteiger partial charge in [0, 0.05) is 51.7 Å². The fraction of sp³-hybridized carbons (Fsp3) is 0.300. The van der Waals surface area contributed by atoms with Crippen LogP contribution in [0.5, 0.6) is 0 Å². The number of piperazine rings is 1. The molecule has 0 amide bonds. The fourth-order valence-corrected chi connectivity index (χ4v) is 3.31. The Hall–Kier alpha value is -2.66. The maximum atomic E-state index is 4.46. The van der Waals surface area contributed by atoms with E-state index < -0.39 is 0 Å². The van der Waals surface area contributed by atoms with Crippen molar-refractivity contribution >= 4 is 5.82 Å². The Morgan fingerprint density at radius 1 is 0.840 bits per heavy atom. The van der Waals surface area contributed by atoms with E-state index in [1.54, 1.807) is 0 Å². The molecule has 1 aromatic carbocycles. The number of benzene rings is 1. The van der Waals surface area contributed by atoms with Gasteiger partial charge in [0.25, 0.3) is 0 Å². The van der Waals surface area contributed by atoms with E-state index in [-0.39, 0.29) is 0 Å². The molecule has 0 bridgehead atoms. The lowest BCUT2D eigenvalue weighted by atomic mass is 10.2. The molecule has 3 heterocycles. The van der Waals surface area contributed by atoms with Gasteiger partial charge >= 0.3 is 0 Å². The first-order chi connectivity index (χ1) is 12.4. The summed E-state index contributed by atoms with van der Waals surface area (Å²) in [4.78, 5) is 13.7. The van der Waals surface area contributed by atoms with E-state index in [4.69, 9.17) is 0 Å². The quantitative estimate of drug-likeness (QED) is 0.719. The van der Waals surface area contributed by atoms with Crippen molar-refractivity contribution < 1.29 is 0 Å². The van der Waals surface area contributed by atoms with Crippen LogP contribution in [-0.2, 0) is 13.1 Å². The lowest BCUT2D eigenvalue weighted by Gasteiger charge is -2.35. The number of pyridine rings is 1. The van der Waals surface area contributed by atoms with Crippen molar-refractivity contribution in [3.8, 4) is 0 Å². The van der Waals surface area contributed by atoms with E-state index in [1.165, 1.54) is 11.3 Å². The molecular weight excluding hydrogens is 310 g/mol. The highest BCUT2D eigenvalue weighted by molar-refractivity contribution is 5.38. The zero-order valence-corrected chi connectivity index (χ0v) is 14.3. The zero-order valence-electron chi connectivity index (χ0n) is 14.3. The average Bonchev–Trinajstić information content (AvgIpc) is 3.10. The second-order valence-corrected chi connectivity index (χ2v) is 6.45. The van der Waals surface area contributed by atoms with E-state index in [1.807, 2.05) is 24.8 Å². The molecule has 0 unspecified atom stereocenters. The molecule has 3 aromatic rings. The van der Waals surface area contributed by atoms with Crippen molar-refractivity contribution in [3.05, 3.63) is 78.5 Å². The number of hydrogen-bond donors (Lipinski definition) is 0. The van der Waals surface area contributed by atoms with Gasteiger partial charge in [0.1, 0.15) is 5.82 Å². The van der Waals surface area contributed by atoms with Crippen molar-refractivity contribution in [1.82, 2.24) is 19.4 Å². The summed E-state index contributed by atoms with van der Waals surface area (Å²) in [7, 11) is 0. The van der Waals surface area contributed by atoms with Gasteiger partial charge in [-0.05, 0) is 17.7 Å². The van der Waals surface area contributed by atoms with Gasteiger partial charge in [-0.1, -0.05) is 36.4 Å². The number of imidazole rings is 1. The van der Waals surface area contributed by atoms with Gasteiger partial charge in [-0.25, -0.2) is 9.97 Å². The van der Waals surface area contributed by atoms with Crippen LogP contribution in [0.2, 0.25) is 0 Å². The largest absolute Gasteiger partial charge is 0.354 e. The van der Waals surface area contributed by atoms with Gasteiger partial charge in [-0.3, -0.25) is 4.90 Å². The van der Waals surface area contributed by atoms with Crippen molar-refractivity contribution in [2.75, 3.05) is 31.1 Å². The first kappa shape index (κ1) is 15.8. The number of rotatable bonds is 5. The highest BCUT2D eigenvalue weighted by Crippen LogP contribution is 2.15. The van der Waals surface area contributed by atoms with Crippen LogP contribution in [-0.4, -0.2) is 45.6 Å². The molecule has 0 saturated carbocycles. The third-order valence-electron chi connectivity index (χ3n) is 4.73. The molecule has 25 heavy (non-hydrogen) atoms. The van der Waals surface area contributed by atoms with Crippen LogP contribution in [0.4, 0.5) is 5.82 Å². The van der Waals surface area contributed by atoms with Crippen LogP contribution in [0.15, 0.2) is 67.3 Å². The average molecular weight is 333 g/mol. The van der Waals surface area contributed by atoms with Gasteiger partial charge in [0.2, 0.25) is 0 Å². The summed E-state index contributed by atoms with van der Waals surface area (Å²) >= 11 is 0. The van der Waals surface area contributed by atoms with Crippen molar-refractivity contribution in [2.24, 2.45) is 0 Å². The molecule has 2 aromatic heterocycles. The molecule has 0 N–H and O–H groups in total. The Morgan fingerprint density at radius 2 is 1.64 bits per heavy atom. The number of anilines is 1. The third-order valence-corrected chi connectivity index (χ3v) is 4.73. The predicted octanol–water partition coefficient (Wildman–Crippen LogP) is 2.65. The smallest absolute Gasteiger partial charge is 0.128 e. The highest BCUT2D eigenvalue weighted by atomic mass is 15.3. The normalized spacial score (nSPS) is 15.4. The second kappa shape index (κ2) is 7.49. The summed E-state index contributed by atoms with van der Waals surface area (Å²) in [5.74, 6) is 1.08. The summed E-state index contributed by atoms with van der Waals surface area (Å²) in [6.07, 6.45) is 5.80. The molecule has 5 heteroatoms. The molecule has 1 aliphatic rings. The minimum Gasteiger partial charge on any atom is -0.354 e. The van der Waals surface area contributed by atoms with Gasteiger partial charge in [0.05, 0.1) is 12.0 Å². The molecule has 0 atom stereocenters. The predicted molar refractivity (Wildman–Crippen MR) is 99.5 cm³/mol. The minimum atomic E-state index is 0.879. The maximum absolute atomic E-state index is 4.46. The topological polar surface area (TPSA) is 37.2 Å². The number of nitrogens with zero attached hydrogens (tertiary/aromatic N) is 5. The molecule has 1 saturated heterocycles. The van der Waals surface area contributed by atoms with Crippen LogP contribution in [0.3, 0.4) is 0 Å². The Balaban J connectivity index is 1.36. The molecule has 0 spiro atoms. The van der Waals surface area contributed by atoms with Crippen LogP contribution in [0.25, 0.3) is 0 Å². The summed E-state index contributed by atoms with van der Waals surface area (Å²) < 4.78 is 2.25. The van der Waals surface area contributed by atoms with E-state index >= 15 is 0 Å². The maximum Gasteiger partial charge on any atom is 0.128 e. The van der Waals surface area contributed by atoms with E-state index in [0.29, 0.717) is 0 Å². The molecule has 4 rings (SSSR count). The van der Waals surface area contributed by atoms with Crippen LogP contribution in [0, 0.1) is 0 Å². The SMILES string of the molecule is c1ccc(Cn2cncc2CN2CCN(c3ccccn3)CC2)cc1. The first-order valence-corrected chi connectivity index (χ1v) is 8.80. The monoisotopic (exact) mass is 333 g/mol. The minimum absolute atomic E-state index is 0.879. The van der Waals surface area contributed by atoms with Crippen molar-refractivity contribution in [2.45, 2.75) is 13.1 Å². The van der Waals surface area contributed by atoms with Crippen molar-refractivity contribution in [1.29, 1.82) is 0 Å². The van der Waals surface area contributed by atoms with Gasteiger partial charge < -0.3 is 9.47 Å². The van der Waals surface area contributed by atoms with Crippen LogP contribution in [0.1, 0.15) is 11.3 Å². The molecule has 0 radical (unpaired) electrons. The van der Waals surface area contributed by atoms with E-state index in [2.05, 4.69) is 66.8 Å². The van der Waals surface area contributed by atoms with Gasteiger partial charge in [-0.15, -0.1) is 0 Å². The Kier molecular flexibility index (Phi) is 4.74. The fourth-order valence-electron chi connectivity index (χ4n) is 3.31. The van der Waals surface area contributed by atoms with Gasteiger partial charge in [0.15, 0.2) is 0 Å². The molecule has 0 aliphatic carbocycles. The summed E-state index contributed by atoms with van der Waals surface area (Å²) in [5, 5.41) is 0. The lowest BCUT2D eigenvalue weighted by Crippen LogP contribution is -2.46. The molecule has 1 fully saturated rings. The number of hydrogen-bond acceptors (Lipinski definition) is 4. The second-order valence-electron chi connectivity index (χ2n) is 6.45. The Bertz CT molecular complexity index is 776. The summed E-state index contributed by atoms with van der Waals surface area (Å²) in [5.41, 5.74) is 2.58. The molecular formula is C20H23N5. The van der Waals surface area contributed by atoms with Crippen LogP contribution < -0.4 is 4.90 Å². The Morgan fingerprint density at radius 3 is 2.40 bits per heavy atom. The summed E-state index contributed by atoms with van der Waals surface area (Å²) in [6.45, 7) is 5.96. The van der Waals surface area contributed by atoms with E-state index in [0.717, 1.165) is 45.1 Å². The highest BCUT2D eigenvalue weighted by Gasteiger charge is 2.19. The molecule has 5 nitrogen and oxygen atoms in total. The molecule has 128 valence electrons. The molecule has 1 aliphatic heterocycles. The van der Waals surface area contributed by atoms with E-state index in [9.17, 15) is 0 Å². The summed E-state index contributed by atoms with van der Waals surface area (Å²) in [6, 6.07) is 16.7. The lowest BCUT2D eigenvalue weighted by molar-refractivity contribution is 0.243. The van der Waals surface area contributed by atoms with Crippen molar-refractivity contribution in [3.63, 3.8) is 0 Å². The zero-order chi connectivity index (χ0) is 16.9. The first-order valence-electron chi connectivity index (χ1n) is 8.80. The third kappa shape index (κ3) is 3.88. The standard InChI is InChI=1S/C20H23N5/c1-2-6-18(7-3-1)15-25-17-21-14-19(25)16-23-10-12-24(13-11-23)20-8-4-5-9-22-20/h1-9,14,17H,10-13,15-16H2. The number of aromatic nitrogens is 3. The van der Waals surface area contributed by atoms with Crippen LogP contribution >= 0.6 is 0 Å².